The first kappa shape index (κ1) is 19.1. The Balaban J connectivity index is 1.77. The van der Waals surface area contributed by atoms with Crippen LogP contribution in [0, 0.1) is 0 Å². The van der Waals surface area contributed by atoms with Gasteiger partial charge in [-0.05, 0) is 30.0 Å². The third-order valence-corrected chi connectivity index (χ3v) is 4.85. The summed E-state index contributed by atoms with van der Waals surface area (Å²) in [6.07, 6.45) is 0.844. The predicted octanol–water partition coefficient (Wildman–Crippen LogP) is 4.23. The highest BCUT2D eigenvalue weighted by molar-refractivity contribution is 6.07. The number of hydrogen-bond acceptors (Lipinski definition) is 4. The molecule has 2 aromatic rings. The van der Waals surface area contributed by atoms with Crippen LogP contribution >= 0.6 is 0 Å². The van der Waals surface area contributed by atoms with Crippen molar-refractivity contribution in [1.82, 2.24) is 5.16 Å². The molecular weight excluding hydrogens is 342 g/mol. The van der Waals surface area contributed by atoms with Crippen LogP contribution in [0.2, 0.25) is 0 Å². The number of benzene rings is 1. The SMILES string of the molecule is CC(C)c1ccc(N2C(=O)CC[C@H]2C(=O)Nc2cc(C(C)(C)C)on2)cc1. The molecule has 1 atom stereocenters. The van der Waals surface area contributed by atoms with Gasteiger partial charge in [-0.2, -0.15) is 0 Å². The van der Waals surface area contributed by atoms with Crippen molar-refractivity contribution in [2.45, 2.75) is 64.8 Å². The van der Waals surface area contributed by atoms with E-state index in [1.807, 2.05) is 45.0 Å². The molecule has 27 heavy (non-hydrogen) atoms. The fraction of sp³-hybridized carbons (Fsp3) is 0.476. The number of hydrogen-bond donors (Lipinski definition) is 1. The van der Waals surface area contributed by atoms with E-state index in [2.05, 4.69) is 24.3 Å². The van der Waals surface area contributed by atoms with Crippen LogP contribution in [0.3, 0.4) is 0 Å². The molecule has 0 aliphatic carbocycles. The van der Waals surface area contributed by atoms with Crippen molar-refractivity contribution in [1.29, 1.82) is 0 Å². The molecule has 0 bridgehead atoms. The lowest BCUT2D eigenvalue weighted by Gasteiger charge is -2.24. The number of carbonyl (C=O) groups excluding carboxylic acids is 2. The normalized spacial score (nSPS) is 17.6. The van der Waals surface area contributed by atoms with Gasteiger partial charge in [-0.15, -0.1) is 0 Å². The van der Waals surface area contributed by atoms with E-state index in [1.54, 1.807) is 11.0 Å². The Morgan fingerprint density at radius 1 is 1.26 bits per heavy atom. The van der Waals surface area contributed by atoms with Crippen LogP contribution in [0.1, 0.15) is 64.7 Å². The molecule has 6 heteroatoms. The van der Waals surface area contributed by atoms with E-state index in [1.165, 1.54) is 5.56 Å². The van der Waals surface area contributed by atoms with Crippen LogP contribution in [0.5, 0.6) is 0 Å². The van der Waals surface area contributed by atoms with Gasteiger partial charge in [0.2, 0.25) is 11.8 Å². The van der Waals surface area contributed by atoms with Crippen LogP contribution in [-0.4, -0.2) is 23.0 Å². The monoisotopic (exact) mass is 369 g/mol. The standard InChI is InChI=1S/C21H27N3O3/c1-13(2)14-6-8-15(9-7-14)24-16(10-11-19(24)25)20(26)22-18-12-17(27-23-18)21(3,4)5/h6-9,12-13,16H,10-11H2,1-5H3,(H,22,23,26)/t16-/m0/s1. The van der Waals surface area contributed by atoms with Crippen molar-refractivity contribution in [2.24, 2.45) is 0 Å². The highest BCUT2D eigenvalue weighted by Gasteiger charge is 2.37. The van der Waals surface area contributed by atoms with Gasteiger partial charge < -0.3 is 9.84 Å². The fourth-order valence-electron chi connectivity index (χ4n) is 3.17. The van der Waals surface area contributed by atoms with Gasteiger partial charge in [-0.3, -0.25) is 14.5 Å². The number of nitrogens with zero attached hydrogens (tertiary/aromatic N) is 2. The molecule has 1 aromatic heterocycles. The van der Waals surface area contributed by atoms with Crippen molar-refractivity contribution < 1.29 is 14.1 Å². The molecule has 1 aromatic carbocycles. The molecule has 1 aliphatic heterocycles. The zero-order valence-corrected chi connectivity index (χ0v) is 16.6. The number of anilines is 2. The molecular formula is C21H27N3O3. The predicted molar refractivity (Wildman–Crippen MR) is 105 cm³/mol. The minimum absolute atomic E-state index is 0.0389. The summed E-state index contributed by atoms with van der Waals surface area (Å²) in [5.41, 5.74) is 1.75. The lowest BCUT2D eigenvalue weighted by Crippen LogP contribution is -2.41. The van der Waals surface area contributed by atoms with Crippen molar-refractivity contribution in [3.8, 4) is 0 Å². The Bertz CT molecular complexity index is 831. The van der Waals surface area contributed by atoms with Gasteiger partial charge in [0.05, 0.1) is 0 Å². The molecule has 1 aliphatic rings. The van der Waals surface area contributed by atoms with Crippen LogP contribution in [0.25, 0.3) is 0 Å². The summed E-state index contributed by atoms with van der Waals surface area (Å²) in [6.45, 7) is 10.3. The van der Waals surface area contributed by atoms with E-state index in [0.29, 0.717) is 30.3 Å². The van der Waals surface area contributed by atoms with Crippen LogP contribution in [0.15, 0.2) is 34.9 Å². The minimum atomic E-state index is -0.544. The summed E-state index contributed by atoms with van der Waals surface area (Å²) >= 11 is 0. The van der Waals surface area contributed by atoms with E-state index >= 15 is 0 Å². The second-order valence-electron chi connectivity index (χ2n) is 8.38. The first-order valence-corrected chi connectivity index (χ1v) is 9.37. The lowest BCUT2D eigenvalue weighted by molar-refractivity contribution is -0.120. The molecule has 0 saturated carbocycles. The largest absolute Gasteiger partial charge is 0.359 e. The second-order valence-corrected chi connectivity index (χ2v) is 8.38. The van der Waals surface area contributed by atoms with Gasteiger partial charge in [-0.25, -0.2) is 0 Å². The Kier molecular flexibility index (Phi) is 5.09. The molecule has 6 nitrogen and oxygen atoms in total. The van der Waals surface area contributed by atoms with Gasteiger partial charge >= 0.3 is 0 Å². The maximum Gasteiger partial charge on any atom is 0.248 e. The third kappa shape index (κ3) is 4.04. The van der Waals surface area contributed by atoms with E-state index < -0.39 is 6.04 Å². The summed E-state index contributed by atoms with van der Waals surface area (Å²) in [5.74, 6) is 1.20. The van der Waals surface area contributed by atoms with Crippen molar-refractivity contribution in [3.63, 3.8) is 0 Å². The van der Waals surface area contributed by atoms with Gasteiger partial charge in [0.25, 0.3) is 0 Å². The maximum absolute atomic E-state index is 12.8. The number of carbonyl (C=O) groups is 2. The Morgan fingerprint density at radius 3 is 2.48 bits per heavy atom. The first-order chi connectivity index (χ1) is 12.7. The second kappa shape index (κ2) is 7.18. The number of aromatic nitrogens is 1. The smallest absolute Gasteiger partial charge is 0.248 e. The minimum Gasteiger partial charge on any atom is -0.359 e. The summed E-state index contributed by atoms with van der Waals surface area (Å²) in [4.78, 5) is 26.8. The third-order valence-electron chi connectivity index (χ3n) is 4.85. The fourth-order valence-corrected chi connectivity index (χ4v) is 3.17. The summed E-state index contributed by atoms with van der Waals surface area (Å²) < 4.78 is 5.32. The van der Waals surface area contributed by atoms with Crippen LogP contribution in [0.4, 0.5) is 11.5 Å². The van der Waals surface area contributed by atoms with Crippen molar-refractivity contribution in [2.75, 3.05) is 10.2 Å². The maximum atomic E-state index is 12.8. The van der Waals surface area contributed by atoms with Gasteiger partial charge in [0.1, 0.15) is 11.8 Å². The highest BCUT2D eigenvalue weighted by atomic mass is 16.5. The summed E-state index contributed by atoms with van der Waals surface area (Å²) in [7, 11) is 0. The average Bonchev–Trinajstić information content (AvgIpc) is 3.21. The Hall–Kier alpha value is -2.63. The number of nitrogens with one attached hydrogen (secondary N) is 1. The number of rotatable bonds is 4. The molecule has 0 unspecified atom stereocenters. The van der Waals surface area contributed by atoms with Crippen LogP contribution < -0.4 is 10.2 Å². The number of amides is 2. The quantitative estimate of drug-likeness (QED) is 0.875. The Morgan fingerprint density at radius 2 is 1.93 bits per heavy atom. The Labute approximate surface area is 159 Å². The molecule has 2 amide bonds. The first-order valence-electron chi connectivity index (χ1n) is 9.37. The van der Waals surface area contributed by atoms with Gasteiger partial charge in [0.15, 0.2) is 5.82 Å². The molecule has 2 heterocycles. The summed E-state index contributed by atoms with van der Waals surface area (Å²) in [6, 6.07) is 9.02. The molecule has 0 spiro atoms. The zero-order chi connectivity index (χ0) is 19.8. The summed E-state index contributed by atoms with van der Waals surface area (Å²) in [5, 5.41) is 6.72. The van der Waals surface area contributed by atoms with Gasteiger partial charge in [0, 0.05) is 23.6 Å². The topological polar surface area (TPSA) is 75.4 Å². The molecule has 0 radical (unpaired) electrons. The lowest BCUT2D eigenvalue weighted by atomic mass is 9.93. The molecule has 1 N–H and O–H groups in total. The molecule has 1 saturated heterocycles. The van der Waals surface area contributed by atoms with E-state index in [9.17, 15) is 9.59 Å². The molecule has 3 rings (SSSR count). The van der Waals surface area contributed by atoms with Gasteiger partial charge in [-0.1, -0.05) is 51.9 Å². The average molecular weight is 369 g/mol. The molecule has 1 fully saturated rings. The van der Waals surface area contributed by atoms with Crippen LogP contribution in [-0.2, 0) is 15.0 Å². The van der Waals surface area contributed by atoms with E-state index in [4.69, 9.17) is 4.52 Å². The van der Waals surface area contributed by atoms with Crippen molar-refractivity contribution >= 4 is 23.3 Å². The van der Waals surface area contributed by atoms with E-state index in [-0.39, 0.29) is 17.2 Å². The van der Waals surface area contributed by atoms with Crippen molar-refractivity contribution in [3.05, 3.63) is 41.7 Å². The molecule has 144 valence electrons. The van der Waals surface area contributed by atoms with E-state index in [0.717, 1.165) is 5.69 Å². The zero-order valence-electron chi connectivity index (χ0n) is 16.6. The highest BCUT2D eigenvalue weighted by Crippen LogP contribution is 2.29.